The number of rotatable bonds is 4. The first-order chi connectivity index (χ1) is 9.38. The number of hydrogen-bond donors (Lipinski definition) is 0. The van der Waals surface area contributed by atoms with E-state index in [0.717, 1.165) is 17.7 Å². The molecule has 0 aliphatic rings. The van der Waals surface area contributed by atoms with Crippen LogP contribution >= 0.6 is 11.6 Å². The van der Waals surface area contributed by atoms with Crippen molar-refractivity contribution in [3.8, 4) is 17.6 Å². The van der Waals surface area contributed by atoms with Gasteiger partial charge in [0.05, 0.1) is 12.5 Å². The fraction of sp³-hybridized carbons (Fsp3) is 0.188. The van der Waals surface area contributed by atoms with E-state index in [1.807, 2.05) is 42.6 Å². The van der Waals surface area contributed by atoms with E-state index in [1.165, 1.54) is 5.56 Å². The lowest BCUT2D eigenvalue weighted by molar-refractivity contribution is 0.322. The maximum atomic E-state index is 5.67. The van der Waals surface area contributed by atoms with Crippen LogP contribution in [-0.2, 0) is 6.42 Å². The van der Waals surface area contributed by atoms with E-state index in [1.54, 1.807) is 6.20 Å². The highest BCUT2D eigenvalue weighted by Crippen LogP contribution is 2.12. The fourth-order valence-corrected chi connectivity index (χ4v) is 1.67. The van der Waals surface area contributed by atoms with E-state index in [2.05, 4.69) is 16.8 Å². The Labute approximate surface area is 118 Å². The minimum atomic E-state index is 0.351. The summed E-state index contributed by atoms with van der Waals surface area (Å²) in [6, 6.07) is 11.7. The van der Waals surface area contributed by atoms with E-state index < -0.39 is 0 Å². The molecule has 0 fully saturated rings. The molecule has 0 N–H and O–H groups in total. The second-order valence-electron chi connectivity index (χ2n) is 3.92. The molecule has 0 atom stereocenters. The van der Waals surface area contributed by atoms with Crippen molar-refractivity contribution in [1.29, 1.82) is 0 Å². The molecule has 0 bridgehead atoms. The molecule has 2 aromatic rings. The van der Waals surface area contributed by atoms with Crippen LogP contribution in [0.25, 0.3) is 0 Å². The molecule has 0 saturated heterocycles. The van der Waals surface area contributed by atoms with Crippen molar-refractivity contribution < 1.29 is 4.74 Å². The number of aromatic nitrogens is 1. The molecule has 0 aliphatic carbocycles. The highest BCUT2D eigenvalue weighted by Gasteiger charge is 1.95. The van der Waals surface area contributed by atoms with Gasteiger partial charge in [-0.05, 0) is 35.9 Å². The lowest BCUT2D eigenvalue weighted by atomic mass is 10.2. The van der Waals surface area contributed by atoms with Crippen LogP contribution in [0.2, 0.25) is 0 Å². The predicted molar refractivity (Wildman–Crippen MR) is 77.5 cm³/mol. The standard InChI is InChI=1S/C16H14ClNO/c17-10-1-3-14-5-7-16(8-6-14)19-12-9-15-4-2-11-18-13-15/h2,4-8,11,13H,9-10,12H2. The van der Waals surface area contributed by atoms with Crippen molar-refractivity contribution >= 4 is 11.6 Å². The molecule has 0 saturated carbocycles. The molecular weight excluding hydrogens is 258 g/mol. The van der Waals surface area contributed by atoms with Crippen molar-refractivity contribution in [2.24, 2.45) is 0 Å². The lowest BCUT2D eigenvalue weighted by Crippen LogP contribution is -2.01. The average Bonchev–Trinajstić information content (AvgIpc) is 2.47. The molecule has 0 amide bonds. The summed E-state index contributed by atoms with van der Waals surface area (Å²) >= 11 is 5.51. The van der Waals surface area contributed by atoms with Gasteiger partial charge >= 0.3 is 0 Å². The molecule has 3 heteroatoms. The molecule has 0 aliphatic heterocycles. The molecular formula is C16H14ClNO. The number of ether oxygens (including phenoxy) is 1. The van der Waals surface area contributed by atoms with Crippen LogP contribution in [0.3, 0.4) is 0 Å². The van der Waals surface area contributed by atoms with Crippen LogP contribution < -0.4 is 4.74 Å². The van der Waals surface area contributed by atoms with Gasteiger partial charge in [0.2, 0.25) is 0 Å². The number of hydrogen-bond acceptors (Lipinski definition) is 2. The topological polar surface area (TPSA) is 22.1 Å². The molecule has 2 rings (SSSR count). The van der Waals surface area contributed by atoms with Crippen molar-refractivity contribution in [1.82, 2.24) is 4.98 Å². The van der Waals surface area contributed by atoms with Gasteiger partial charge in [0.15, 0.2) is 0 Å². The van der Waals surface area contributed by atoms with Gasteiger partial charge in [0.25, 0.3) is 0 Å². The van der Waals surface area contributed by atoms with Gasteiger partial charge in [-0.3, -0.25) is 4.98 Å². The Morgan fingerprint density at radius 2 is 2.00 bits per heavy atom. The van der Waals surface area contributed by atoms with Crippen LogP contribution in [0.15, 0.2) is 48.8 Å². The summed E-state index contributed by atoms with van der Waals surface area (Å²) in [4.78, 5) is 4.07. The van der Waals surface area contributed by atoms with Crippen molar-refractivity contribution in [3.05, 3.63) is 59.9 Å². The maximum absolute atomic E-state index is 5.67. The number of nitrogens with zero attached hydrogens (tertiary/aromatic N) is 1. The second-order valence-corrected chi connectivity index (χ2v) is 4.19. The monoisotopic (exact) mass is 271 g/mol. The zero-order valence-corrected chi connectivity index (χ0v) is 11.2. The van der Waals surface area contributed by atoms with Gasteiger partial charge in [-0.1, -0.05) is 17.9 Å². The van der Waals surface area contributed by atoms with Gasteiger partial charge in [0, 0.05) is 24.4 Å². The zero-order valence-electron chi connectivity index (χ0n) is 10.5. The first-order valence-electron chi connectivity index (χ1n) is 6.05. The van der Waals surface area contributed by atoms with Gasteiger partial charge < -0.3 is 4.74 Å². The summed E-state index contributed by atoms with van der Waals surface area (Å²) in [5.74, 6) is 6.97. The zero-order chi connectivity index (χ0) is 13.3. The normalized spacial score (nSPS) is 9.53. The van der Waals surface area contributed by atoms with E-state index in [0.29, 0.717) is 12.5 Å². The fourth-order valence-electron chi connectivity index (χ4n) is 1.60. The highest BCUT2D eigenvalue weighted by atomic mass is 35.5. The molecule has 0 unspecified atom stereocenters. The molecule has 1 aromatic carbocycles. The summed E-state index contributed by atoms with van der Waals surface area (Å²) in [6.45, 7) is 0.637. The lowest BCUT2D eigenvalue weighted by Gasteiger charge is -2.05. The van der Waals surface area contributed by atoms with Gasteiger partial charge in [-0.15, -0.1) is 11.6 Å². The molecule has 0 radical (unpaired) electrons. The molecule has 96 valence electrons. The van der Waals surface area contributed by atoms with Gasteiger partial charge in [-0.25, -0.2) is 0 Å². The van der Waals surface area contributed by atoms with Crippen molar-refractivity contribution in [2.75, 3.05) is 12.5 Å². The van der Waals surface area contributed by atoms with Crippen LogP contribution in [-0.4, -0.2) is 17.5 Å². The van der Waals surface area contributed by atoms with Crippen molar-refractivity contribution in [2.45, 2.75) is 6.42 Å². The van der Waals surface area contributed by atoms with Crippen LogP contribution in [0, 0.1) is 11.8 Å². The summed E-state index contributed by atoms with van der Waals surface area (Å²) in [6.07, 6.45) is 4.47. The largest absolute Gasteiger partial charge is 0.493 e. The minimum Gasteiger partial charge on any atom is -0.493 e. The van der Waals surface area contributed by atoms with Gasteiger partial charge in [0.1, 0.15) is 5.75 Å². The van der Waals surface area contributed by atoms with E-state index >= 15 is 0 Å². The summed E-state index contributed by atoms with van der Waals surface area (Å²) in [5, 5.41) is 0. The van der Waals surface area contributed by atoms with Gasteiger partial charge in [-0.2, -0.15) is 0 Å². The molecule has 1 aromatic heterocycles. The molecule has 19 heavy (non-hydrogen) atoms. The Bertz CT molecular complexity index is 555. The SMILES string of the molecule is ClCC#Cc1ccc(OCCc2cccnc2)cc1. The van der Waals surface area contributed by atoms with E-state index in [-0.39, 0.29) is 0 Å². The van der Waals surface area contributed by atoms with E-state index in [9.17, 15) is 0 Å². The summed E-state index contributed by atoms with van der Waals surface area (Å²) in [7, 11) is 0. The average molecular weight is 272 g/mol. The Balaban J connectivity index is 1.83. The Kier molecular flexibility index (Phi) is 5.28. The first kappa shape index (κ1) is 13.5. The molecule has 2 nitrogen and oxygen atoms in total. The summed E-state index contributed by atoms with van der Waals surface area (Å²) in [5.41, 5.74) is 2.12. The van der Waals surface area contributed by atoms with E-state index in [4.69, 9.17) is 16.3 Å². The van der Waals surface area contributed by atoms with Crippen LogP contribution in [0.5, 0.6) is 5.75 Å². The number of pyridine rings is 1. The molecule has 0 spiro atoms. The second kappa shape index (κ2) is 7.45. The smallest absolute Gasteiger partial charge is 0.119 e. The molecule has 1 heterocycles. The summed E-state index contributed by atoms with van der Waals surface area (Å²) < 4.78 is 5.67. The van der Waals surface area contributed by atoms with Crippen LogP contribution in [0.4, 0.5) is 0 Å². The Hall–Kier alpha value is -1.98. The number of halogens is 1. The Morgan fingerprint density at radius 1 is 1.16 bits per heavy atom. The van der Waals surface area contributed by atoms with Crippen molar-refractivity contribution in [3.63, 3.8) is 0 Å². The van der Waals surface area contributed by atoms with Crippen LogP contribution in [0.1, 0.15) is 11.1 Å². The predicted octanol–water partition coefficient (Wildman–Crippen LogP) is 3.29. The Morgan fingerprint density at radius 3 is 2.68 bits per heavy atom. The third kappa shape index (κ3) is 4.65. The number of alkyl halides is 1. The first-order valence-corrected chi connectivity index (χ1v) is 6.58. The quantitative estimate of drug-likeness (QED) is 0.629. The third-order valence-electron chi connectivity index (χ3n) is 2.54. The maximum Gasteiger partial charge on any atom is 0.119 e. The third-order valence-corrected chi connectivity index (χ3v) is 2.67. The minimum absolute atomic E-state index is 0.351. The highest BCUT2D eigenvalue weighted by molar-refractivity contribution is 6.19. The number of benzene rings is 1.